The van der Waals surface area contributed by atoms with E-state index in [9.17, 15) is 13.2 Å². The van der Waals surface area contributed by atoms with Crippen molar-refractivity contribution in [3.8, 4) is 0 Å². The molecule has 1 unspecified atom stereocenters. The fraction of sp³-hybridized carbons (Fsp3) is 0.316. The fourth-order valence-electron chi connectivity index (χ4n) is 3.13. The zero-order valence-corrected chi connectivity index (χ0v) is 14.5. The first kappa shape index (κ1) is 16.9. The van der Waals surface area contributed by atoms with E-state index < -0.39 is 10.0 Å². The number of hydrogen-bond acceptors (Lipinski definition) is 3. The largest absolute Gasteiger partial charge is 0.294 e. The third kappa shape index (κ3) is 3.42. The highest BCUT2D eigenvalue weighted by Gasteiger charge is 2.36. The number of carbonyl (C=O) groups is 1. The Kier molecular flexibility index (Phi) is 4.83. The van der Waals surface area contributed by atoms with Gasteiger partial charge in [0.1, 0.15) is 0 Å². The van der Waals surface area contributed by atoms with Gasteiger partial charge in [-0.25, -0.2) is 8.42 Å². The van der Waals surface area contributed by atoms with Crippen LogP contribution < -0.4 is 0 Å². The Morgan fingerprint density at radius 2 is 1.75 bits per heavy atom. The van der Waals surface area contributed by atoms with E-state index in [0.717, 1.165) is 18.4 Å². The highest BCUT2D eigenvalue weighted by Crippen LogP contribution is 2.28. The van der Waals surface area contributed by atoms with Crippen LogP contribution in [0.5, 0.6) is 0 Å². The molecule has 1 fully saturated rings. The normalized spacial score (nSPS) is 18.6. The predicted molar refractivity (Wildman–Crippen MR) is 93.5 cm³/mol. The molecule has 0 spiro atoms. The Morgan fingerprint density at radius 3 is 2.42 bits per heavy atom. The van der Waals surface area contributed by atoms with Crippen LogP contribution in [0, 0.1) is 6.92 Å². The molecule has 4 nitrogen and oxygen atoms in total. The van der Waals surface area contributed by atoms with E-state index in [1.807, 2.05) is 25.1 Å². The summed E-state index contributed by atoms with van der Waals surface area (Å²) in [5, 5.41) is 0. The minimum absolute atomic E-state index is 0.00777. The van der Waals surface area contributed by atoms with Gasteiger partial charge in [-0.05, 0) is 31.9 Å². The molecule has 5 heteroatoms. The molecule has 0 amide bonds. The van der Waals surface area contributed by atoms with E-state index in [1.54, 1.807) is 36.4 Å². The van der Waals surface area contributed by atoms with E-state index in [-0.39, 0.29) is 18.2 Å². The van der Waals surface area contributed by atoms with Crippen LogP contribution in [-0.4, -0.2) is 31.1 Å². The van der Waals surface area contributed by atoms with E-state index >= 15 is 0 Å². The van der Waals surface area contributed by atoms with Crippen molar-refractivity contribution in [1.29, 1.82) is 0 Å². The summed E-state index contributed by atoms with van der Waals surface area (Å²) in [6.07, 6.45) is 1.75. The third-order valence-corrected chi connectivity index (χ3v) is 6.43. The summed E-state index contributed by atoms with van der Waals surface area (Å²) in [6.45, 7) is 2.40. The lowest BCUT2D eigenvalue weighted by Crippen LogP contribution is -2.36. The predicted octanol–water partition coefficient (Wildman–Crippen LogP) is 3.42. The summed E-state index contributed by atoms with van der Waals surface area (Å²) < 4.78 is 27.3. The molecule has 1 saturated heterocycles. The van der Waals surface area contributed by atoms with Crippen molar-refractivity contribution in [2.45, 2.75) is 37.1 Å². The lowest BCUT2D eigenvalue weighted by atomic mass is 10.0. The third-order valence-electron chi connectivity index (χ3n) is 4.47. The van der Waals surface area contributed by atoms with Gasteiger partial charge in [-0.2, -0.15) is 4.31 Å². The van der Waals surface area contributed by atoms with E-state index in [4.69, 9.17) is 0 Å². The SMILES string of the molecule is Cc1ccc(S(=O)(=O)N2CCCC2CC(=O)c2ccccc2)cc1. The summed E-state index contributed by atoms with van der Waals surface area (Å²) in [5.74, 6) is -0.00777. The van der Waals surface area contributed by atoms with Gasteiger partial charge in [0.05, 0.1) is 4.90 Å². The number of ketones is 1. The van der Waals surface area contributed by atoms with Gasteiger partial charge in [0, 0.05) is 24.6 Å². The number of aryl methyl sites for hydroxylation is 1. The van der Waals surface area contributed by atoms with Crippen molar-refractivity contribution >= 4 is 15.8 Å². The summed E-state index contributed by atoms with van der Waals surface area (Å²) in [7, 11) is -3.55. The molecule has 0 N–H and O–H groups in total. The van der Waals surface area contributed by atoms with Gasteiger partial charge < -0.3 is 0 Å². The van der Waals surface area contributed by atoms with E-state index in [2.05, 4.69) is 0 Å². The standard InChI is InChI=1S/C19H21NO3S/c1-15-9-11-18(12-10-15)24(22,23)20-13-5-8-17(20)14-19(21)16-6-3-2-4-7-16/h2-4,6-7,9-12,17H,5,8,13-14H2,1H3. The van der Waals surface area contributed by atoms with Gasteiger partial charge in [-0.15, -0.1) is 0 Å². The molecule has 2 aromatic rings. The van der Waals surface area contributed by atoms with Crippen LogP contribution in [0.3, 0.4) is 0 Å². The Labute approximate surface area is 143 Å². The number of benzene rings is 2. The molecular weight excluding hydrogens is 322 g/mol. The maximum atomic E-state index is 12.9. The Morgan fingerprint density at radius 1 is 1.08 bits per heavy atom. The maximum absolute atomic E-state index is 12.9. The molecule has 1 aliphatic rings. The quantitative estimate of drug-likeness (QED) is 0.782. The van der Waals surface area contributed by atoms with Gasteiger partial charge in [0.15, 0.2) is 5.78 Å². The minimum Gasteiger partial charge on any atom is -0.294 e. The van der Waals surface area contributed by atoms with Gasteiger partial charge in [0.25, 0.3) is 0 Å². The first-order valence-corrected chi connectivity index (χ1v) is 9.59. The lowest BCUT2D eigenvalue weighted by molar-refractivity contribution is 0.0961. The van der Waals surface area contributed by atoms with Crippen LogP contribution in [0.2, 0.25) is 0 Å². The van der Waals surface area contributed by atoms with Crippen molar-refractivity contribution in [2.75, 3.05) is 6.54 Å². The smallest absolute Gasteiger partial charge is 0.243 e. The summed E-state index contributed by atoms with van der Waals surface area (Å²) in [5.41, 5.74) is 1.66. The number of Topliss-reactive ketones (excluding diaryl/α,β-unsaturated/α-hetero) is 1. The average Bonchev–Trinajstić information content (AvgIpc) is 3.05. The molecule has 0 aliphatic carbocycles. The van der Waals surface area contributed by atoms with Crippen LogP contribution >= 0.6 is 0 Å². The second kappa shape index (κ2) is 6.87. The van der Waals surface area contributed by atoms with E-state index in [0.29, 0.717) is 17.0 Å². The molecule has 0 bridgehead atoms. The van der Waals surface area contributed by atoms with Crippen LogP contribution in [0.1, 0.15) is 35.2 Å². The van der Waals surface area contributed by atoms with Gasteiger partial charge >= 0.3 is 0 Å². The second-order valence-corrected chi connectivity index (χ2v) is 8.11. The molecule has 1 heterocycles. The average molecular weight is 343 g/mol. The Balaban J connectivity index is 1.80. The molecule has 1 atom stereocenters. The van der Waals surface area contributed by atoms with Crippen molar-refractivity contribution in [3.63, 3.8) is 0 Å². The summed E-state index contributed by atoms with van der Waals surface area (Å²) in [6, 6.07) is 15.7. The molecule has 0 radical (unpaired) electrons. The Bertz CT molecular complexity index is 813. The molecular formula is C19H21NO3S. The van der Waals surface area contributed by atoms with Crippen LogP contribution in [0.25, 0.3) is 0 Å². The van der Waals surface area contributed by atoms with Crippen molar-refractivity contribution in [2.24, 2.45) is 0 Å². The highest BCUT2D eigenvalue weighted by atomic mass is 32.2. The van der Waals surface area contributed by atoms with Crippen molar-refractivity contribution in [3.05, 3.63) is 65.7 Å². The number of nitrogens with zero attached hydrogens (tertiary/aromatic N) is 1. The topological polar surface area (TPSA) is 54.5 Å². The molecule has 1 aliphatic heterocycles. The molecule has 126 valence electrons. The first-order valence-electron chi connectivity index (χ1n) is 8.15. The van der Waals surface area contributed by atoms with Crippen LogP contribution in [-0.2, 0) is 10.0 Å². The molecule has 0 saturated carbocycles. The Hall–Kier alpha value is -1.98. The van der Waals surface area contributed by atoms with E-state index in [1.165, 1.54) is 4.31 Å². The summed E-state index contributed by atoms with van der Waals surface area (Å²) >= 11 is 0. The first-order chi connectivity index (χ1) is 11.5. The van der Waals surface area contributed by atoms with Crippen LogP contribution in [0.4, 0.5) is 0 Å². The highest BCUT2D eigenvalue weighted by molar-refractivity contribution is 7.89. The number of carbonyl (C=O) groups excluding carboxylic acids is 1. The number of sulfonamides is 1. The van der Waals surface area contributed by atoms with Crippen molar-refractivity contribution in [1.82, 2.24) is 4.31 Å². The van der Waals surface area contributed by atoms with Crippen LogP contribution in [0.15, 0.2) is 59.5 Å². The monoisotopic (exact) mass is 343 g/mol. The zero-order valence-electron chi connectivity index (χ0n) is 13.7. The molecule has 24 heavy (non-hydrogen) atoms. The second-order valence-electron chi connectivity index (χ2n) is 6.22. The molecule has 2 aromatic carbocycles. The fourth-order valence-corrected chi connectivity index (χ4v) is 4.82. The minimum atomic E-state index is -3.55. The summed E-state index contributed by atoms with van der Waals surface area (Å²) in [4.78, 5) is 12.7. The zero-order chi connectivity index (χ0) is 17.2. The number of hydrogen-bond donors (Lipinski definition) is 0. The lowest BCUT2D eigenvalue weighted by Gasteiger charge is -2.23. The van der Waals surface area contributed by atoms with Gasteiger partial charge in [-0.3, -0.25) is 4.79 Å². The van der Waals surface area contributed by atoms with Gasteiger partial charge in [-0.1, -0.05) is 48.0 Å². The van der Waals surface area contributed by atoms with Crippen molar-refractivity contribution < 1.29 is 13.2 Å². The van der Waals surface area contributed by atoms with Gasteiger partial charge in [0.2, 0.25) is 10.0 Å². The molecule has 3 rings (SSSR count). The molecule has 0 aromatic heterocycles. The number of rotatable bonds is 5. The maximum Gasteiger partial charge on any atom is 0.243 e.